The van der Waals surface area contributed by atoms with Gasteiger partial charge < -0.3 is 14.4 Å². The summed E-state index contributed by atoms with van der Waals surface area (Å²) in [5.41, 5.74) is 3.26. The van der Waals surface area contributed by atoms with Crippen LogP contribution in [0.15, 0.2) is 12.1 Å². The molecule has 1 saturated heterocycles. The normalized spacial score (nSPS) is 26.4. The Kier molecular flexibility index (Phi) is 5.15. The SMILES string of the molecule is COc1cc2c(cc1OCC1CC1)CCN1C[C@@H](CC(C)(C)C)N(C)C[C@H]21. The number of hydrogen-bond donors (Lipinski definition) is 0. The third-order valence-corrected chi connectivity index (χ3v) is 6.44. The van der Waals surface area contributed by atoms with Crippen molar-refractivity contribution >= 4 is 0 Å². The van der Waals surface area contributed by atoms with E-state index in [-0.39, 0.29) is 0 Å². The Morgan fingerprint density at radius 2 is 1.89 bits per heavy atom. The molecular weight excluding hydrogens is 336 g/mol. The summed E-state index contributed by atoms with van der Waals surface area (Å²) in [5.74, 6) is 2.59. The molecule has 0 spiro atoms. The summed E-state index contributed by atoms with van der Waals surface area (Å²) >= 11 is 0. The summed E-state index contributed by atoms with van der Waals surface area (Å²) in [6.07, 6.45) is 4.98. The number of fused-ring (bicyclic) bond motifs is 3. The molecule has 27 heavy (non-hydrogen) atoms. The minimum absolute atomic E-state index is 0.372. The molecule has 3 aliphatic rings. The molecule has 4 nitrogen and oxygen atoms in total. The van der Waals surface area contributed by atoms with E-state index >= 15 is 0 Å². The van der Waals surface area contributed by atoms with Crippen molar-refractivity contribution in [3.63, 3.8) is 0 Å². The minimum atomic E-state index is 0.372. The number of nitrogens with zero attached hydrogens (tertiary/aromatic N) is 2. The van der Waals surface area contributed by atoms with Crippen LogP contribution in [0.2, 0.25) is 0 Å². The third-order valence-electron chi connectivity index (χ3n) is 6.44. The Bertz CT molecular complexity index is 678. The van der Waals surface area contributed by atoms with Gasteiger partial charge in [0.1, 0.15) is 0 Å². The van der Waals surface area contributed by atoms with Crippen LogP contribution in [0, 0.1) is 11.3 Å². The van der Waals surface area contributed by atoms with Gasteiger partial charge in [-0.25, -0.2) is 0 Å². The number of hydrogen-bond acceptors (Lipinski definition) is 4. The van der Waals surface area contributed by atoms with Gasteiger partial charge in [0, 0.05) is 31.7 Å². The molecule has 0 aromatic heterocycles. The zero-order chi connectivity index (χ0) is 19.2. The molecule has 2 heterocycles. The zero-order valence-corrected chi connectivity index (χ0v) is 17.8. The molecule has 1 aromatic rings. The van der Waals surface area contributed by atoms with E-state index < -0.39 is 0 Å². The second-order valence-electron chi connectivity index (χ2n) is 10.1. The van der Waals surface area contributed by atoms with Crippen LogP contribution < -0.4 is 9.47 Å². The van der Waals surface area contributed by atoms with Crippen molar-refractivity contribution in [2.75, 3.05) is 40.4 Å². The van der Waals surface area contributed by atoms with Crippen molar-refractivity contribution in [1.82, 2.24) is 9.80 Å². The van der Waals surface area contributed by atoms with E-state index in [4.69, 9.17) is 9.47 Å². The van der Waals surface area contributed by atoms with E-state index in [1.54, 1.807) is 7.11 Å². The summed E-state index contributed by atoms with van der Waals surface area (Å²) in [4.78, 5) is 5.27. The molecule has 0 amide bonds. The van der Waals surface area contributed by atoms with E-state index in [1.807, 2.05) is 0 Å². The average Bonchev–Trinajstić information content (AvgIpc) is 3.43. The van der Waals surface area contributed by atoms with Crippen LogP contribution in [0.3, 0.4) is 0 Å². The van der Waals surface area contributed by atoms with Crippen LogP contribution in [0.1, 0.15) is 57.2 Å². The number of benzene rings is 1. The quantitative estimate of drug-likeness (QED) is 0.776. The van der Waals surface area contributed by atoms with Crippen molar-refractivity contribution in [2.24, 2.45) is 11.3 Å². The first-order valence-electron chi connectivity index (χ1n) is 10.6. The van der Waals surface area contributed by atoms with Crippen LogP contribution in [-0.2, 0) is 6.42 Å². The first-order valence-corrected chi connectivity index (χ1v) is 10.6. The Balaban J connectivity index is 1.54. The third kappa shape index (κ3) is 4.27. The molecule has 150 valence electrons. The molecular formula is C23H36N2O2. The number of piperazine rings is 1. The van der Waals surface area contributed by atoms with Gasteiger partial charge in [0.05, 0.1) is 13.7 Å². The number of likely N-dealkylation sites (N-methyl/N-ethyl adjacent to an activating group) is 1. The van der Waals surface area contributed by atoms with Gasteiger partial charge >= 0.3 is 0 Å². The molecule has 0 radical (unpaired) electrons. The summed E-state index contributed by atoms with van der Waals surface area (Å²) in [7, 11) is 4.06. The average molecular weight is 373 g/mol. The fourth-order valence-corrected chi connectivity index (χ4v) is 4.72. The lowest BCUT2D eigenvalue weighted by atomic mass is 9.84. The van der Waals surface area contributed by atoms with Gasteiger partial charge in [0.15, 0.2) is 11.5 Å². The molecule has 4 heteroatoms. The minimum Gasteiger partial charge on any atom is -0.493 e. The second kappa shape index (κ2) is 7.29. The van der Waals surface area contributed by atoms with Gasteiger partial charge in [0.2, 0.25) is 0 Å². The first-order chi connectivity index (χ1) is 12.8. The zero-order valence-electron chi connectivity index (χ0n) is 17.8. The molecule has 1 aliphatic carbocycles. The van der Waals surface area contributed by atoms with E-state index in [1.165, 1.54) is 36.9 Å². The lowest BCUT2D eigenvalue weighted by Crippen LogP contribution is -2.55. The van der Waals surface area contributed by atoms with Gasteiger partial charge in [-0.1, -0.05) is 20.8 Å². The van der Waals surface area contributed by atoms with Gasteiger partial charge in [-0.15, -0.1) is 0 Å². The second-order valence-corrected chi connectivity index (χ2v) is 10.1. The van der Waals surface area contributed by atoms with E-state index in [0.717, 1.165) is 43.5 Å². The van der Waals surface area contributed by atoms with Crippen molar-refractivity contribution in [3.8, 4) is 11.5 Å². The Hall–Kier alpha value is -1.26. The van der Waals surface area contributed by atoms with Crippen LogP contribution in [-0.4, -0.2) is 56.2 Å². The Labute approximate surface area is 164 Å². The van der Waals surface area contributed by atoms with Crippen LogP contribution >= 0.6 is 0 Å². The van der Waals surface area contributed by atoms with Gasteiger partial charge in [0.25, 0.3) is 0 Å². The molecule has 0 bridgehead atoms. The molecule has 2 fully saturated rings. The maximum Gasteiger partial charge on any atom is 0.161 e. The number of ether oxygens (including phenoxy) is 2. The lowest BCUT2D eigenvalue weighted by molar-refractivity contribution is 0.0213. The van der Waals surface area contributed by atoms with Crippen molar-refractivity contribution in [1.29, 1.82) is 0 Å². The predicted octanol–water partition coefficient (Wildman–Crippen LogP) is 4.13. The molecule has 0 N–H and O–H groups in total. The number of rotatable bonds is 5. The predicted molar refractivity (Wildman–Crippen MR) is 110 cm³/mol. The van der Waals surface area contributed by atoms with E-state index in [0.29, 0.717) is 17.5 Å². The van der Waals surface area contributed by atoms with Crippen molar-refractivity contribution < 1.29 is 9.47 Å². The van der Waals surface area contributed by atoms with E-state index in [9.17, 15) is 0 Å². The molecule has 2 aliphatic heterocycles. The molecule has 1 saturated carbocycles. The van der Waals surface area contributed by atoms with Crippen LogP contribution in [0.5, 0.6) is 11.5 Å². The van der Waals surface area contributed by atoms with Crippen LogP contribution in [0.25, 0.3) is 0 Å². The standard InChI is InChI=1S/C23H36N2O2/c1-23(2,3)12-18-13-25-9-8-17-10-22(27-15-16-6-7-16)21(26-5)11-19(17)20(25)14-24(18)4/h10-11,16,18,20H,6-9,12-15H2,1-5H3/t18-,20-/m1/s1. The summed E-state index contributed by atoms with van der Waals surface area (Å²) in [5, 5.41) is 0. The van der Waals surface area contributed by atoms with Crippen molar-refractivity contribution in [2.45, 2.75) is 58.5 Å². The summed E-state index contributed by atoms with van der Waals surface area (Å²) < 4.78 is 11.8. The maximum atomic E-state index is 6.10. The smallest absolute Gasteiger partial charge is 0.161 e. The Morgan fingerprint density at radius 3 is 2.56 bits per heavy atom. The maximum absolute atomic E-state index is 6.10. The van der Waals surface area contributed by atoms with Gasteiger partial charge in [-0.2, -0.15) is 0 Å². The molecule has 4 rings (SSSR count). The molecule has 2 atom stereocenters. The van der Waals surface area contributed by atoms with Crippen molar-refractivity contribution in [3.05, 3.63) is 23.3 Å². The highest BCUT2D eigenvalue weighted by Gasteiger charge is 2.38. The monoisotopic (exact) mass is 372 g/mol. The largest absolute Gasteiger partial charge is 0.493 e. The fraction of sp³-hybridized carbons (Fsp3) is 0.739. The highest BCUT2D eigenvalue weighted by Crippen LogP contribution is 2.41. The summed E-state index contributed by atoms with van der Waals surface area (Å²) in [6.45, 7) is 11.3. The van der Waals surface area contributed by atoms with E-state index in [2.05, 4.69) is 49.8 Å². The lowest BCUT2D eigenvalue weighted by Gasteiger charge is -2.49. The first kappa shape index (κ1) is 19.1. The Morgan fingerprint density at radius 1 is 1.11 bits per heavy atom. The topological polar surface area (TPSA) is 24.9 Å². The van der Waals surface area contributed by atoms with Crippen LogP contribution in [0.4, 0.5) is 0 Å². The highest BCUT2D eigenvalue weighted by molar-refractivity contribution is 5.49. The fourth-order valence-electron chi connectivity index (χ4n) is 4.72. The van der Waals surface area contributed by atoms with Gasteiger partial charge in [-0.05, 0) is 67.3 Å². The highest BCUT2D eigenvalue weighted by atomic mass is 16.5. The van der Waals surface area contributed by atoms with Gasteiger partial charge in [-0.3, -0.25) is 4.90 Å². The summed E-state index contributed by atoms with van der Waals surface area (Å²) in [6, 6.07) is 5.63. The molecule has 1 aromatic carbocycles. The molecule has 0 unspecified atom stereocenters. The number of methoxy groups -OCH3 is 1.